The monoisotopic (exact) mass is 330 g/mol. The number of fused-ring (bicyclic) bond motifs is 1. The number of aliphatic hydroxyl groups is 1. The van der Waals surface area contributed by atoms with E-state index in [1.807, 2.05) is 0 Å². The molecular weight excluding hydrogens is 312 g/mol. The van der Waals surface area contributed by atoms with Crippen molar-refractivity contribution in [2.45, 2.75) is 13.3 Å². The minimum absolute atomic E-state index is 0.0199. The number of carbonyl (C=O) groups is 3. The highest BCUT2D eigenvalue weighted by Crippen LogP contribution is 2.40. The number of Topliss-reactive ketones (excluding diaryl/α,β-unsaturated/α-hetero) is 2. The third kappa shape index (κ3) is 3.08. The molecule has 24 heavy (non-hydrogen) atoms. The number of benzene rings is 1. The lowest BCUT2D eigenvalue weighted by Gasteiger charge is -2.26. The van der Waals surface area contributed by atoms with Gasteiger partial charge in [0.15, 0.2) is 11.6 Å². The zero-order valence-corrected chi connectivity index (χ0v) is 13.7. The molecule has 0 spiro atoms. The van der Waals surface area contributed by atoms with Crippen molar-refractivity contribution >= 4 is 23.3 Å². The molecule has 6 heteroatoms. The second kappa shape index (κ2) is 7.12. The molecular formula is C18H18O6. The van der Waals surface area contributed by atoms with Crippen LogP contribution in [0.2, 0.25) is 0 Å². The molecule has 0 bridgehead atoms. The number of ketones is 2. The number of hydrogen-bond donors (Lipinski definition) is 1. The first-order chi connectivity index (χ1) is 11.4. The van der Waals surface area contributed by atoms with Gasteiger partial charge >= 0.3 is 5.97 Å². The van der Waals surface area contributed by atoms with Crippen LogP contribution >= 0.6 is 0 Å². The number of methoxy groups -OCH3 is 2. The van der Waals surface area contributed by atoms with Gasteiger partial charge in [0.2, 0.25) is 0 Å². The van der Waals surface area contributed by atoms with Crippen molar-refractivity contribution < 1.29 is 29.0 Å². The fraction of sp³-hybridized carbons (Fsp3) is 0.278. The van der Waals surface area contributed by atoms with Crippen LogP contribution in [0, 0.1) is 5.92 Å². The Labute approximate surface area is 139 Å². The molecule has 1 aromatic rings. The lowest BCUT2D eigenvalue weighted by molar-refractivity contribution is -0.134. The Hall–Kier alpha value is -2.89. The molecule has 0 heterocycles. The summed E-state index contributed by atoms with van der Waals surface area (Å²) in [6.07, 6.45) is 2.74. The number of esters is 1. The smallest absolute Gasteiger partial charge is 0.330 e. The number of aliphatic hydroxyl groups excluding tert-OH is 1. The number of allylic oxidation sites excluding steroid dienone is 2. The van der Waals surface area contributed by atoms with E-state index in [1.54, 1.807) is 18.2 Å². The van der Waals surface area contributed by atoms with Crippen LogP contribution in [-0.4, -0.2) is 36.9 Å². The molecule has 1 N–H and O–H groups in total. The zero-order valence-electron chi connectivity index (χ0n) is 13.7. The van der Waals surface area contributed by atoms with E-state index in [-0.39, 0.29) is 34.7 Å². The summed E-state index contributed by atoms with van der Waals surface area (Å²) < 4.78 is 9.68. The predicted molar refractivity (Wildman–Crippen MR) is 86.8 cm³/mol. The standard InChI is InChI=1S/C18H18O6/c1-10(19)15-11(7-5-9-14(20)24-3)17(21)12-6-4-8-13(23-2)16(12)18(15)22/h4-6,8-9,11,22H,7H2,1-3H3/b9-5+. The van der Waals surface area contributed by atoms with Gasteiger partial charge in [-0.1, -0.05) is 18.2 Å². The summed E-state index contributed by atoms with van der Waals surface area (Å²) in [6.45, 7) is 1.29. The highest BCUT2D eigenvalue weighted by molar-refractivity contribution is 6.16. The van der Waals surface area contributed by atoms with E-state index in [4.69, 9.17) is 4.74 Å². The summed E-state index contributed by atoms with van der Waals surface area (Å²) in [6, 6.07) is 4.82. The first-order valence-corrected chi connectivity index (χ1v) is 7.32. The number of ether oxygens (including phenoxy) is 2. The Morgan fingerprint density at radius 2 is 2.00 bits per heavy atom. The van der Waals surface area contributed by atoms with Gasteiger partial charge in [-0.2, -0.15) is 0 Å². The zero-order chi connectivity index (χ0) is 17.9. The molecule has 6 nitrogen and oxygen atoms in total. The first kappa shape index (κ1) is 17.5. The van der Waals surface area contributed by atoms with E-state index in [2.05, 4.69) is 4.74 Å². The summed E-state index contributed by atoms with van der Waals surface area (Å²) in [5.41, 5.74) is 0.531. The van der Waals surface area contributed by atoms with E-state index in [1.165, 1.54) is 33.3 Å². The molecule has 0 saturated carbocycles. The van der Waals surface area contributed by atoms with Crippen LogP contribution in [0.15, 0.2) is 35.9 Å². The quantitative estimate of drug-likeness (QED) is 0.659. The van der Waals surface area contributed by atoms with Crippen LogP contribution in [0.1, 0.15) is 29.3 Å². The fourth-order valence-corrected chi connectivity index (χ4v) is 2.77. The van der Waals surface area contributed by atoms with E-state index < -0.39 is 17.7 Å². The van der Waals surface area contributed by atoms with Crippen molar-refractivity contribution in [3.8, 4) is 5.75 Å². The van der Waals surface area contributed by atoms with E-state index in [0.29, 0.717) is 5.75 Å². The normalized spacial score (nSPS) is 17.0. The van der Waals surface area contributed by atoms with Crippen molar-refractivity contribution in [3.05, 3.63) is 47.1 Å². The Morgan fingerprint density at radius 3 is 2.58 bits per heavy atom. The summed E-state index contributed by atoms with van der Waals surface area (Å²) in [7, 11) is 2.67. The van der Waals surface area contributed by atoms with E-state index in [9.17, 15) is 19.5 Å². The Balaban J connectivity index is 2.53. The van der Waals surface area contributed by atoms with Crippen LogP contribution < -0.4 is 4.74 Å². The van der Waals surface area contributed by atoms with Gasteiger partial charge < -0.3 is 14.6 Å². The van der Waals surface area contributed by atoms with Crippen LogP contribution in [-0.2, 0) is 14.3 Å². The summed E-state index contributed by atoms with van der Waals surface area (Å²) >= 11 is 0. The van der Waals surface area contributed by atoms with E-state index >= 15 is 0 Å². The van der Waals surface area contributed by atoms with Crippen molar-refractivity contribution in [3.63, 3.8) is 0 Å². The minimum atomic E-state index is -0.858. The first-order valence-electron chi connectivity index (χ1n) is 7.32. The molecule has 0 fully saturated rings. The molecule has 1 aliphatic rings. The molecule has 1 aromatic carbocycles. The van der Waals surface area contributed by atoms with Gasteiger partial charge in [-0.25, -0.2) is 4.79 Å². The third-order valence-electron chi connectivity index (χ3n) is 3.87. The van der Waals surface area contributed by atoms with Gasteiger partial charge in [-0.15, -0.1) is 0 Å². The Morgan fingerprint density at radius 1 is 1.29 bits per heavy atom. The maximum Gasteiger partial charge on any atom is 0.330 e. The predicted octanol–water partition coefficient (Wildman–Crippen LogP) is 2.49. The fourth-order valence-electron chi connectivity index (χ4n) is 2.77. The summed E-state index contributed by atoms with van der Waals surface area (Å²) in [4.78, 5) is 35.9. The van der Waals surface area contributed by atoms with Gasteiger partial charge in [0, 0.05) is 17.2 Å². The number of rotatable bonds is 5. The second-order valence-corrected chi connectivity index (χ2v) is 5.28. The average molecular weight is 330 g/mol. The van der Waals surface area contributed by atoms with Crippen molar-refractivity contribution in [2.24, 2.45) is 5.92 Å². The van der Waals surface area contributed by atoms with Gasteiger partial charge in [0.05, 0.1) is 25.7 Å². The largest absolute Gasteiger partial charge is 0.507 e. The van der Waals surface area contributed by atoms with Gasteiger partial charge in [0.25, 0.3) is 0 Å². The Kier molecular flexibility index (Phi) is 5.18. The molecule has 1 aliphatic carbocycles. The van der Waals surface area contributed by atoms with Crippen LogP contribution in [0.5, 0.6) is 5.75 Å². The van der Waals surface area contributed by atoms with Crippen LogP contribution in [0.4, 0.5) is 0 Å². The third-order valence-corrected chi connectivity index (χ3v) is 3.87. The molecule has 0 aromatic heterocycles. The molecule has 0 amide bonds. The molecule has 1 unspecified atom stereocenters. The minimum Gasteiger partial charge on any atom is -0.507 e. The van der Waals surface area contributed by atoms with Gasteiger partial charge in [-0.05, 0) is 19.4 Å². The van der Waals surface area contributed by atoms with Crippen LogP contribution in [0.3, 0.4) is 0 Å². The maximum absolute atomic E-state index is 12.8. The van der Waals surface area contributed by atoms with Crippen molar-refractivity contribution in [2.75, 3.05) is 14.2 Å². The average Bonchev–Trinajstić information content (AvgIpc) is 2.57. The summed E-state index contributed by atoms with van der Waals surface area (Å²) in [5, 5.41) is 10.6. The molecule has 2 rings (SSSR count). The number of hydrogen-bond acceptors (Lipinski definition) is 6. The van der Waals surface area contributed by atoms with Gasteiger partial charge in [0.1, 0.15) is 11.5 Å². The molecule has 1 atom stereocenters. The molecule has 0 radical (unpaired) electrons. The van der Waals surface area contributed by atoms with E-state index in [0.717, 1.165) is 0 Å². The van der Waals surface area contributed by atoms with Gasteiger partial charge in [-0.3, -0.25) is 9.59 Å². The highest BCUT2D eigenvalue weighted by atomic mass is 16.5. The molecule has 0 saturated heterocycles. The number of carbonyl (C=O) groups excluding carboxylic acids is 3. The topological polar surface area (TPSA) is 89.9 Å². The SMILES string of the molecule is COC(=O)/C=C/CC1C(=O)c2cccc(OC)c2C(O)=C1C(C)=O. The summed E-state index contributed by atoms with van der Waals surface area (Å²) in [5.74, 6) is -2.07. The molecule has 0 aliphatic heterocycles. The Bertz CT molecular complexity index is 757. The highest BCUT2D eigenvalue weighted by Gasteiger charge is 2.37. The molecule has 126 valence electrons. The maximum atomic E-state index is 12.8. The lowest BCUT2D eigenvalue weighted by atomic mass is 9.77. The van der Waals surface area contributed by atoms with Crippen molar-refractivity contribution in [1.29, 1.82) is 0 Å². The van der Waals surface area contributed by atoms with Crippen LogP contribution in [0.25, 0.3) is 5.76 Å². The lowest BCUT2D eigenvalue weighted by Crippen LogP contribution is -2.27. The van der Waals surface area contributed by atoms with Crippen molar-refractivity contribution in [1.82, 2.24) is 0 Å². The second-order valence-electron chi connectivity index (χ2n) is 5.28.